The monoisotopic (exact) mass is 460 g/mol. The molecule has 7 heteroatoms. The van der Waals surface area contributed by atoms with Crippen LogP contribution < -0.4 is 4.74 Å². The summed E-state index contributed by atoms with van der Waals surface area (Å²) in [6.07, 6.45) is -1.82. The van der Waals surface area contributed by atoms with Crippen molar-refractivity contribution >= 4 is 57.3 Å². The summed E-state index contributed by atoms with van der Waals surface area (Å²) >= 11 is 4.23. The van der Waals surface area contributed by atoms with Crippen LogP contribution in [0, 0.1) is 7.14 Å². The van der Waals surface area contributed by atoms with E-state index in [4.69, 9.17) is 4.74 Å². The van der Waals surface area contributed by atoms with Crippen molar-refractivity contribution in [2.24, 2.45) is 0 Å². The largest absolute Gasteiger partial charge is 0.509 e. The van der Waals surface area contributed by atoms with Crippen molar-refractivity contribution in [3.05, 3.63) is 25.3 Å². The molecule has 17 heavy (non-hydrogen) atoms. The van der Waals surface area contributed by atoms with Gasteiger partial charge in [0.25, 0.3) is 0 Å². The van der Waals surface area contributed by atoms with E-state index in [1.54, 1.807) is 6.07 Å². The molecule has 1 atom stereocenters. The van der Waals surface area contributed by atoms with Crippen molar-refractivity contribution in [3.8, 4) is 5.75 Å². The van der Waals surface area contributed by atoms with Gasteiger partial charge >= 0.3 is 12.1 Å². The molecule has 1 heterocycles. The summed E-state index contributed by atoms with van der Waals surface area (Å²) in [5.74, 6) is -0.186. The second-order valence-corrected chi connectivity index (χ2v) is 5.57. The number of hydrogen-bond acceptors (Lipinski definition) is 5. The summed E-state index contributed by atoms with van der Waals surface area (Å²) in [4.78, 5) is 22.3. The van der Waals surface area contributed by atoms with Crippen LogP contribution in [-0.4, -0.2) is 24.8 Å². The number of hydrogen-bond donors (Lipinski definition) is 0. The molecule has 1 saturated heterocycles. The van der Waals surface area contributed by atoms with E-state index in [9.17, 15) is 9.59 Å². The van der Waals surface area contributed by atoms with Gasteiger partial charge in [-0.25, -0.2) is 9.59 Å². The van der Waals surface area contributed by atoms with Gasteiger partial charge in [-0.15, -0.1) is 0 Å². The van der Waals surface area contributed by atoms with E-state index in [0.717, 1.165) is 7.14 Å². The zero-order valence-corrected chi connectivity index (χ0v) is 12.6. The minimum absolute atomic E-state index is 0.0986. The van der Waals surface area contributed by atoms with Gasteiger partial charge in [0.05, 0.1) is 3.57 Å². The molecule has 1 fully saturated rings. The third kappa shape index (κ3) is 3.21. The Bertz CT molecular complexity index is 474. The third-order valence-corrected chi connectivity index (χ3v) is 3.47. The lowest BCUT2D eigenvalue weighted by Crippen LogP contribution is -2.28. The predicted molar refractivity (Wildman–Crippen MR) is 73.7 cm³/mol. The highest BCUT2D eigenvalue weighted by Gasteiger charge is 2.33. The van der Waals surface area contributed by atoms with Gasteiger partial charge in [-0.05, 0) is 63.4 Å². The highest BCUT2D eigenvalue weighted by molar-refractivity contribution is 14.1. The van der Waals surface area contributed by atoms with Crippen LogP contribution in [0.25, 0.3) is 0 Å². The van der Waals surface area contributed by atoms with Crippen LogP contribution in [0.3, 0.4) is 0 Å². The Labute approximate surface area is 124 Å². The number of esters is 1. The summed E-state index contributed by atoms with van der Waals surface area (Å²) < 4.78 is 16.1. The number of carbonyl (C=O) groups is 2. The summed E-state index contributed by atoms with van der Waals surface area (Å²) in [6, 6.07) is 5.39. The van der Waals surface area contributed by atoms with Gasteiger partial charge in [0, 0.05) is 3.57 Å². The number of benzene rings is 1. The summed E-state index contributed by atoms with van der Waals surface area (Å²) in [5, 5.41) is 0. The van der Waals surface area contributed by atoms with Gasteiger partial charge in [-0.1, -0.05) is 0 Å². The third-order valence-electron chi connectivity index (χ3n) is 1.96. The van der Waals surface area contributed by atoms with Crippen LogP contribution in [-0.2, 0) is 14.3 Å². The van der Waals surface area contributed by atoms with E-state index < -0.39 is 18.2 Å². The lowest BCUT2D eigenvalue weighted by Gasteiger charge is -2.08. The molecule has 1 unspecified atom stereocenters. The molecule has 0 radical (unpaired) electrons. The van der Waals surface area contributed by atoms with Gasteiger partial charge in [0.2, 0.25) is 6.10 Å². The molecule has 2 rings (SSSR count). The van der Waals surface area contributed by atoms with Crippen molar-refractivity contribution in [2.75, 3.05) is 6.61 Å². The van der Waals surface area contributed by atoms with E-state index in [1.165, 1.54) is 0 Å². The number of rotatable bonds is 2. The molecule has 1 aliphatic heterocycles. The van der Waals surface area contributed by atoms with E-state index in [2.05, 4.69) is 54.7 Å². The molecule has 5 nitrogen and oxygen atoms in total. The van der Waals surface area contributed by atoms with Crippen LogP contribution in [0.5, 0.6) is 5.75 Å². The van der Waals surface area contributed by atoms with Crippen LogP contribution in [0.15, 0.2) is 18.2 Å². The van der Waals surface area contributed by atoms with Crippen LogP contribution >= 0.6 is 45.2 Å². The Morgan fingerprint density at radius 2 is 2.18 bits per heavy atom. The van der Waals surface area contributed by atoms with Crippen molar-refractivity contribution in [1.29, 1.82) is 0 Å². The van der Waals surface area contributed by atoms with Crippen molar-refractivity contribution in [1.82, 2.24) is 0 Å². The molecule has 0 aliphatic carbocycles. The Morgan fingerprint density at radius 3 is 2.76 bits per heavy atom. The quantitative estimate of drug-likeness (QED) is 0.386. The Kier molecular flexibility index (Phi) is 4.07. The first-order valence-electron chi connectivity index (χ1n) is 4.56. The summed E-state index contributed by atoms with van der Waals surface area (Å²) in [6.45, 7) is -0.0986. The predicted octanol–water partition coefficient (Wildman–Crippen LogP) is 2.34. The molecule has 90 valence electrons. The fraction of sp³-hybridized carbons (Fsp3) is 0.200. The fourth-order valence-corrected chi connectivity index (χ4v) is 2.89. The number of ether oxygens (including phenoxy) is 3. The fourth-order valence-electron chi connectivity index (χ4n) is 1.18. The molecular weight excluding hydrogens is 454 g/mol. The zero-order valence-electron chi connectivity index (χ0n) is 8.31. The van der Waals surface area contributed by atoms with Gasteiger partial charge in [0.15, 0.2) is 0 Å². The van der Waals surface area contributed by atoms with E-state index in [1.807, 2.05) is 12.1 Å². The molecule has 0 aromatic heterocycles. The first-order valence-corrected chi connectivity index (χ1v) is 6.72. The summed E-state index contributed by atoms with van der Waals surface area (Å²) in [7, 11) is 0. The molecule has 1 aliphatic rings. The van der Waals surface area contributed by atoms with Crippen molar-refractivity contribution < 1.29 is 23.8 Å². The molecule has 0 saturated carbocycles. The van der Waals surface area contributed by atoms with Crippen LogP contribution in [0.2, 0.25) is 0 Å². The Morgan fingerprint density at radius 1 is 1.41 bits per heavy atom. The molecule has 0 amide bonds. The maximum atomic E-state index is 11.6. The molecule has 0 spiro atoms. The van der Waals surface area contributed by atoms with Crippen molar-refractivity contribution in [2.45, 2.75) is 6.10 Å². The second kappa shape index (κ2) is 5.38. The average molecular weight is 460 g/mol. The molecule has 0 bridgehead atoms. The lowest BCUT2D eigenvalue weighted by atomic mass is 10.3. The van der Waals surface area contributed by atoms with Crippen LogP contribution in [0.4, 0.5) is 4.79 Å². The lowest BCUT2D eigenvalue weighted by molar-refractivity contribution is -0.142. The highest BCUT2D eigenvalue weighted by Crippen LogP contribution is 2.23. The topological polar surface area (TPSA) is 61.8 Å². The minimum atomic E-state index is -0.974. The smallest absolute Gasteiger partial charge is 0.430 e. The first-order chi connectivity index (χ1) is 8.06. The standard InChI is InChI=1S/C10H6I2O5/c11-5-1-2-7(6(12)3-5)16-9(13)8-4-15-10(14)17-8/h1-3,8H,4H2. The van der Waals surface area contributed by atoms with E-state index >= 15 is 0 Å². The average Bonchev–Trinajstić information content (AvgIpc) is 2.69. The number of halogens is 2. The molecular formula is C10H6I2O5. The van der Waals surface area contributed by atoms with Crippen molar-refractivity contribution in [3.63, 3.8) is 0 Å². The SMILES string of the molecule is O=C1OCC(C(=O)Oc2ccc(I)cc2I)O1. The van der Waals surface area contributed by atoms with E-state index in [-0.39, 0.29) is 6.61 Å². The van der Waals surface area contributed by atoms with Gasteiger partial charge in [0.1, 0.15) is 12.4 Å². The van der Waals surface area contributed by atoms with Gasteiger partial charge in [-0.3, -0.25) is 0 Å². The molecule has 1 aromatic rings. The normalized spacial score (nSPS) is 18.5. The Balaban J connectivity index is 2.05. The maximum Gasteiger partial charge on any atom is 0.509 e. The maximum absolute atomic E-state index is 11.6. The van der Waals surface area contributed by atoms with Gasteiger partial charge < -0.3 is 14.2 Å². The molecule has 1 aromatic carbocycles. The van der Waals surface area contributed by atoms with Crippen LogP contribution in [0.1, 0.15) is 0 Å². The second-order valence-electron chi connectivity index (χ2n) is 3.16. The highest BCUT2D eigenvalue weighted by atomic mass is 127. The Hall–Kier alpha value is -0.580. The number of carbonyl (C=O) groups excluding carboxylic acids is 2. The minimum Gasteiger partial charge on any atom is -0.430 e. The zero-order chi connectivity index (χ0) is 12.4. The number of cyclic esters (lactones) is 2. The van der Waals surface area contributed by atoms with Gasteiger partial charge in [-0.2, -0.15) is 0 Å². The molecule has 0 N–H and O–H groups in total. The van der Waals surface area contributed by atoms with E-state index in [0.29, 0.717) is 5.75 Å². The first kappa shape index (κ1) is 12.9. The summed E-state index contributed by atoms with van der Waals surface area (Å²) in [5.41, 5.74) is 0.